The summed E-state index contributed by atoms with van der Waals surface area (Å²) in [6.45, 7) is 6.53. The average Bonchev–Trinajstić information content (AvgIpc) is 4.15. The van der Waals surface area contributed by atoms with Gasteiger partial charge in [-0.3, -0.25) is 13.7 Å². The molecule has 1 aliphatic heterocycles. The number of para-hydroxylation sites is 6. The predicted molar refractivity (Wildman–Crippen MR) is 269 cm³/mol. The van der Waals surface area contributed by atoms with E-state index in [1.165, 1.54) is 0 Å². The van der Waals surface area contributed by atoms with E-state index in [0.29, 0.717) is 45.9 Å². The van der Waals surface area contributed by atoms with E-state index in [1.807, 2.05) is 114 Å². The van der Waals surface area contributed by atoms with Crippen LogP contribution in [-0.4, -0.2) is 14.1 Å². The van der Waals surface area contributed by atoms with E-state index in [4.69, 9.17) is 22.7 Å². The van der Waals surface area contributed by atoms with Gasteiger partial charge in [-0.05, 0) is 106 Å². The molecule has 322 valence electrons. The van der Waals surface area contributed by atoms with Crippen LogP contribution in [0.1, 0.15) is 40.0 Å². The van der Waals surface area contributed by atoms with Crippen molar-refractivity contribution >= 4 is 39.0 Å². The van der Waals surface area contributed by atoms with Crippen LogP contribution in [0.4, 0.5) is 17.2 Å². The van der Waals surface area contributed by atoms with E-state index in [2.05, 4.69) is 55.9 Å². The minimum atomic E-state index is -0.586. The van der Waals surface area contributed by atoms with Crippen LogP contribution in [0.25, 0.3) is 61.3 Å². The van der Waals surface area contributed by atoms with Crippen LogP contribution in [0.5, 0.6) is 23.0 Å². The van der Waals surface area contributed by atoms with E-state index in [-0.39, 0.29) is 33.4 Å². The molecule has 0 saturated heterocycles. The number of benzene rings is 8. The summed E-state index contributed by atoms with van der Waals surface area (Å²) in [5.41, 5.74) is 4.84. The van der Waals surface area contributed by atoms with Gasteiger partial charge in [-0.1, -0.05) is 148 Å². The average molecular weight is 878 g/mol. The number of pyridine rings is 1. The van der Waals surface area contributed by atoms with Crippen molar-refractivity contribution in [3.05, 3.63) is 230 Å². The third kappa shape index (κ3) is 7.09. The number of hydrogen-bond acceptors (Lipinski definition) is 4. The van der Waals surface area contributed by atoms with Crippen LogP contribution < -0.4 is 18.9 Å². The number of anilines is 3. The van der Waals surface area contributed by atoms with E-state index in [9.17, 15) is 5.48 Å². The SMILES string of the molecule is [2H]c1c([2H])c([2H])c(-c2cccc(-c3c([2H])c([2H])c([2H])c([2H])c3[2H])c2-[n+]2[c-]n(-c3cccc(Oc4ccc5c6ccccc6n(-c6cc(C(C)(C)C)ccn6)c5c4)c3)c(N3c4ccccc4Oc4ccccc43)c2)c([2H])c1[2H]. The maximum atomic E-state index is 9.17. The fourth-order valence-corrected chi connectivity index (χ4v) is 8.84. The second kappa shape index (κ2) is 16.1. The number of fused-ring (bicyclic) bond motifs is 5. The Morgan fingerprint density at radius 3 is 1.94 bits per heavy atom. The van der Waals surface area contributed by atoms with Crippen molar-refractivity contribution in [1.82, 2.24) is 14.1 Å². The largest absolute Gasteiger partial charge is 0.458 e. The summed E-state index contributed by atoms with van der Waals surface area (Å²) in [6, 6.07) is 40.2. The second-order valence-electron chi connectivity index (χ2n) is 17.2. The molecule has 0 spiro atoms. The highest BCUT2D eigenvalue weighted by atomic mass is 16.5. The van der Waals surface area contributed by atoms with Crippen molar-refractivity contribution in [1.29, 1.82) is 0 Å². The van der Waals surface area contributed by atoms with Crippen LogP contribution in [0.15, 0.2) is 218 Å². The lowest BCUT2D eigenvalue weighted by Crippen LogP contribution is -2.30. The third-order valence-corrected chi connectivity index (χ3v) is 12.0. The van der Waals surface area contributed by atoms with Gasteiger partial charge in [-0.15, -0.1) is 0 Å². The van der Waals surface area contributed by atoms with E-state index < -0.39 is 60.4 Å². The number of nitrogens with zero attached hydrogens (tertiary/aromatic N) is 5. The molecule has 0 unspecified atom stereocenters. The van der Waals surface area contributed by atoms with Crippen molar-refractivity contribution < 1.29 is 27.7 Å². The summed E-state index contributed by atoms with van der Waals surface area (Å²) >= 11 is 0. The zero-order valence-electron chi connectivity index (χ0n) is 46.6. The summed E-state index contributed by atoms with van der Waals surface area (Å²) in [7, 11) is 0. The first-order valence-electron chi connectivity index (χ1n) is 26.8. The molecule has 8 aromatic carbocycles. The minimum Gasteiger partial charge on any atom is -0.458 e. The first-order chi connectivity index (χ1) is 37.0. The maximum absolute atomic E-state index is 9.17. The molecule has 0 radical (unpaired) electrons. The van der Waals surface area contributed by atoms with Gasteiger partial charge in [0.05, 0.1) is 53.7 Å². The standard InChI is InChI=1S/C60H45N5O2/c1-60(2,3)43-34-35-61-57(36-43)64-51-27-11-10-24-49(51)50-33-32-46(38-54(50)64)66-45-23-16-22-44(37-45)63-40-62(39-58(63)65-52-28-12-14-30-55(52)67-56-31-15-13-29-53(56)65)59-47(41-18-6-4-7-19-41)25-17-26-48(59)42-20-8-5-9-21-42/h4-39H,1-3H3/i4D,5D,6D,7D,8D,9D,18D,19D,20D,21D. The van der Waals surface area contributed by atoms with Crippen molar-refractivity contribution in [2.45, 2.75) is 26.2 Å². The van der Waals surface area contributed by atoms with Crippen molar-refractivity contribution in [3.63, 3.8) is 0 Å². The zero-order chi connectivity index (χ0) is 53.8. The van der Waals surface area contributed by atoms with Gasteiger partial charge in [-0.2, -0.15) is 0 Å². The molecule has 0 saturated carbocycles. The quantitative estimate of drug-likeness (QED) is 0.113. The lowest BCUT2D eigenvalue weighted by atomic mass is 9.88. The summed E-state index contributed by atoms with van der Waals surface area (Å²) in [4.78, 5) is 6.84. The maximum Gasteiger partial charge on any atom is 0.270 e. The Bertz CT molecular complexity index is 4070. The van der Waals surface area contributed by atoms with Gasteiger partial charge in [0.1, 0.15) is 17.3 Å². The highest BCUT2D eigenvalue weighted by Gasteiger charge is 2.30. The van der Waals surface area contributed by atoms with Gasteiger partial charge in [0.15, 0.2) is 17.3 Å². The smallest absolute Gasteiger partial charge is 0.270 e. The van der Waals surface area contributed by atoms with Gasteiger partial charge in [0.25, 0.3) is 6.33 Å². The number of imidazole rings is 1. The molecule has 0 bridgehead atoms. The number of rotatable bonds is 8. The molecule has 0 fully saturated rings. The summed E-state index contributed by atoms with van der Waals surface area (Å²) < 4.78 is 107. The van der Waals surface area contributed by atoms with Crippen molar-refractivity contribution in [2.24, 2.45) is 0 Å². The Labute approximate surface area is 403 Å². The van der Waals surface area contributed by atoms with Crippen LogP contribution in [0.3, 0.4) is 0 Å². The fourth-order valence-electron chi connectivity index (χ4n) is 8.84. The molecule has 0 atom stereocenters. The lowest BCUT2D eigenvalue weighted by molar-refractivity contribution is -0.597. The molecule has 0 aliphatic carbocycles. The van der Waals surface area contributed by atoms with Gasteiger partial charge in [0.2, 0.25) is 0 Å². The number of ether oxygens (including phenoxy) is 2. The van der Waals surface area contributed by atoms with Crippen LogP contribution in [-0.2, 0) is 5.41 Å². The van der Waals surface area contributed by atoms with E-state index >= 15 is 0 Å². The van der Waals surface area contributed by atoms with Gasteiger partial charge in [0, 0.05) is 23.0 Å². The van der Waals surface area contributed by atoms with Crippen molar-refractivity contribution in [3.8, 4) is 62.4 Å². The molecule has 0 N–H and O–H groups in total. The molecule has 67 heavy (non-hydrogen) atoms. The topological polar surface area (TPSA) is 48.3 Å². The van der Waals surface area contributed by atoms with Crippen LogP contribution in [0, 0.1) is 6.33 Å². The predicted octanol–water partition coefficient (Wildman–Crippen LogP) is 15.0. The summed E-state index contributed by atoms with van der Waals surface area (Å²) in [5, 5.41) is 2.09. The van der Waals surface area contributed by atoms with Crippen LogP contribution in [0.2, 0.25) is 0 Å². The Morgan fingerprint density at radius 1 is 0.612 bits per heavy atom. The highest BCUT2D eigenvalue weighted by Crippen LogP contribution is 2.50. The normalized spacial score (nSPS) is 14.3. The fraction of sp³-hybridized carbons (Fsp3) is 0.0667. The monoisotopic (exact) mass is 877 g/mol. The molecule has 12 rings (SSSR count). The Morgan fingerprint density at radius 2 is 1.24 bits per heavy atom. The Hall–Kier alpha value is -8.68. The molecular weight excluding hydrogens is 823 g/mol. The van der Waals surface area contributed by atoms with E-state index in [1.54, 1.807) is 33.5 Å². The molecular formula is C60H45N5O2. The third-order valence-electron chi connectivity index (χ3n) is 12.0. The molecule has 4 heterocycles. The molecule has 0 amide bonds. The molecule has 1 aliphatic rings. The number of aromatic nitrogens is 4. The Kier molecular flexibility index (Phi) is 7.31. The first kappa shape index (κ1) is 30.5. The molecule has 7 heteroatoms. The minimum absolute atomic E-state index is 0.110. The van der Waals surface area contributed by atoms with E-state index in [0.717, 1.165) is 33.2 Å². The number of hydrogen-bond donors (Lipinski definition) is 0. The summed E-state index contributed by atoms with van der Waals surface area (Å²) in [6.07, 6.45) is 7.09. The highest BCUT2D eigenvalue weighted by molar-refractivity contribution is 6.09. The first-order valence-corrected chi connectivity index (χ1v) is 21.8. The zero-order valence-corrected chi connectivity index (χ0v) is 36.6. The lowest BCUT2D eigenvalue weighted by Gasteiger charge is -2.33. The molecule has 3 aromatic heterocycles. The van der Waals surface area contributed by atoms with Crippen molar-refractivity contribution in [2.75, 3.05) is 4.90 Å². The molecule has 11 aromatic rings. The summed E-state index contributed by atoms with van der Waals surface area (Å²) in [5.74, 6) is 3.39. The molecule has 7 nitrogen and oxygen atoms in total. The Balaban J connectivity index is 1.09. The van der Waals surface area contributed by atoms with Gasteiger partial charge in [-0.25, -0.2) is 4.98 Å². The van der Waals surface area contributed by atoms with Gasteiger partial charge >= 0.3 is 0 Å². The second-order valence-corrected chi connectivity index (χ2v) is 17.2. The van der Waals surface area contributed by atoms with Gasteiger partial charge < -0.3 is 14.4 Å². The van der Waals surface area contributed by atoms with Crippen LogP contribution >= 0.6 is 0 Å².